The van der Waals surface area contributed by atoms with Crippen LogP contribution in [0.5, 0.6) is 0 Å². The van der Waals surface area contributed by atoms with Gasteiger partial charge in [-0.3, -0.25) is 14.9 Å². The summed E-state index contributed by atoms with van der Waals surface area (Å²) in [7, 11) is 0. The summed E-state index contributed by atoms with van der Waals surface area (Å²) in [5, 5.41) is 7.86. The number of amides is 2. The van der Waals surface area contributed by atoms with Gasteiger partial charge < -0.3 is 16.4 Å². The second-order valence-corrected chi connectivity index (χ2v) is 5.96. The largest absolute Gasteiger partial charge is 0.416 e. The number of carbonyl (C=O) groups is 2. The number of hydrogen-bond donors (Lipinski definition) is 4. The summed E-state index contributed by atoms with van der Waals surface area (Å²) in [5.74, 6) is -0.766. The first-order chi connectivity index (χ1) is 10.7. The van der Waals surface area contributed by atoms with E-state index in [2.05, 4.69) is 16.0 Å². The van der Waals surface area contributed by atoms with Crippen LogP contribution < -0.4 is 21.7 Å². The Morgan fingerprint density at radius 2 is 2.17 bits per heavy atom. The van der Waals surface area contributed by atoms with Gasteiger partial charge in [-0.15, -0.1) is 11.8 Å². The quantitative estimate of drug-likeness (QED) is 0.652. The molecule has 1 aromatic carbocycles. The predicted molar refractivity (Wildman–Crippen MR) is 80.2 cm³/mol. The molecule has 2 unspecified atom stereocenters. The van der Waals surface area contributed by atoms with Gasteiger partial charge in [0.25, 0.3) is 0 Å². The van der Waals surface area contributed by atoms with Gasteiger partial charge in [-0.1, -0.05) is 6.07 Å². The molecule has 1 fully saturated rings. The molecule has 0 bridgehead atoms. The first kappa shape index (κ1) is 17.6. The van der Waals surface area contributed by atoms with E-state index in [4.69, 9.17) is 5.73 Å². The molecular weight excluding hydrogens is 333 g/mol. The number of halogens is 3. The zero-order valence-electron chi connectivity index (χ0n) is 11.8. The molecule has 1 saturated heterocycles. The van der Waals surface area contributed by atoms with Crippen molar-refractivity contribution < 1.29 is 22.8 Å². The van der Waals surface area contributed by atoms with Gasteiger partial charge in [-0.05, 0) is 18.2 Å². The lowest BCUT2D eigenvalue weighted by molar-refractivity contribution is -0.137. The molecule has 2 rings (SSSR count). The van der Waals surface area contributed by atoms with Crippen LogP contribution in [0.15, 0.2) is 24.3 Å². The third kappa shape index (κ3) is 5.41. The molecule has 0 aliphatic carbocycles. The standard InChI is InChI=1S/C13H15F3N4O2S/c14-13(15,16)7-2-1-3-8(4-7)18-11(22)6-23-12-19-9(17)5-10(21)20-12/h1-4,9,12,19H,5-6,17H2,(H,18,22)(H,20,21). The van der Waals surface area contributed by atoms with Crippen molar-refractivity contribution in [2.75, 3.05) is 11.1 Å². The van der Waals surface area contributed by atoms with Crippen LogP contribution in [-0.2, 0) is 15.8 Å². The number of rotatable bonds is 4. The number of alkyl halides is 3. The predicted octanol–water partition coefficient (Wildman–Crippen LogP) is 1.05. The highest BCUT2D eigenvalue weighted by Crippen LogP contribution is 2.30. The molecule has 126 valence electrons. The van der Waals surface area contributed by atoms with Gasteiger partial charge in [0.1, 0.15) is 5.50 Å². The van der Waals surface area contributed by atoms with E-state index in [0.29, 0.717) is 0 Å². The van der Waals surface area contributed by atoms with E-state index in [1.165, 1.54) is 12.1 Å². The number of benzene rings is 1. The van der Waals surface area contributed by atoms with E-state index in [-0.39, 0.29) is 23.8 Å². The summed E-state index contributed by atoms with van der Waals surface area (Å²) in [4.78, 5) is 23.1. The zero-order chi connectivity index (χ0) is 17.0. The minimum absolute atomic E-state index is 0.0547. The summed E-state index contributed by atoms with van der Waals surface area (Å²) in [6.45, 7) is 0. The topological polar surface area (TPSA) is 96.2 Å². The highest BCUT2D eigenvalue weighted by molar-refractivity contribution is 8.00. The van der Waals surface area contributed by atoms with E-state index < -0.39 is 29.3 Å². The van der Waals surface area contributed by atoms with Crippen molar-refractivity contribution in [3.05, 3.63) is 29.8 Å². The summed E-state index contributed by atoms with van der Waals surface area (Å²) < 4.78 is 37.8. The minimum Gasteiger partial charge on any atom is -0.332 e. The van der Waals surface area contributed by atoms with E-state index in [1.54, 1.807) is 0 Å². The summed E-state index contributed by atoms with van der Waals surface area (Å²) >= 11 is 1.08. The van der Waals surface area contributed by atoms with Crippen molar-refractivity contribution in [2.45, 2.75) is 24.3 Å². The summed E-state index contributed by atoms with van der Waals surface area (Å²) in [6.07, 6.45) is -4.82. The molecule has 1 heterocycles. The Balaban J connectivity index is 1.86. The van der Waals surface area contributed by atoms with Crippen molar-refractivity contribution in [2.24, 2.45) is 5.73 Å². The molecule has 0 radical (unpaired) electrons. The van der Waals surface area contributed by atoms with Gasteiger partial charge >= 0.3 is 6.18 Å². The molecule has 0 aromatic heterocycles. The Bertz CT molecular complexity index is 597. The number of hydrogen-bond acceptors (Lipinski definition) is 5. The molecule has 6 nitrogen and oxygen atoms in total. The Labute approximate surface area is 134 Å². The number of nitrogens with two attached hydrogens (primary N) is 1. The number of thioether (sulfide) groups is 1. The van der Waals surface area contributed by atoms with Crippen molar-refractivity contribution in [3.8, 4) is 0 Å². The van der Waals surface area contributed by atoms with Crippen LogP contribution >= 0.6 is 11.8 Å². The van der Waals surface area contributed by atoms with Crippen LogP contribution in [0, 0.1) is 0 Å². The molecule has 2 amide bonds. The van der Waals surface area contributed by atoms with Crippen molar-refractivity contribution >= 4 is 29.3 Å². The second kappa shape index (κ2) is 7.20. The maximum absolute atomic E-state index is 12.6. The van der Waals surface area contributed by atoms with Crippen LogP contribution in [0.3, 0.4) is 0 Å². The highest BCUT2D eigenvalue weighted by atomic mass is 32.2. The summed E-state index contributed by atoms with van der Waals surface area (Å²) in [6, 6.07) is 4.37. The van der Waals surface area contributed by atoms with E-state index in [1.807, 2.05) is 0 Å². The van der Waals surface area contributed by atoms with Gasteiger partial charge in [0.2, 0.25) is 11.8 Å². The first-order valence-corrected chi connectivity index (χ1v) is 7.68. The van der Waals surface area contributed by atoms with Crippen molar-refractivity contribution in [1.29, 1.82) is 0 Å². The third-order valence-electron chi connectivity index (χ3n) is 2.92. The Kier molecular flexibility index (Phi) is 5.50. The molecule has 23 heavy (non-hydrogen) atoms. The molecule has 10 heteroatoms. The maximum Gasteiger partial charge on any atom is 0.416 e. The third-order valence-corrected chi connectivity index (χ3v) is 3.93. The van der Waals surface area contributed by atoms with Crippen LogP contribution in [0.1, 0.15) is 12.0 Å². The van der Waals surface area contributed by atoms with Crippen LogP contribution in [-0.4, -0.2) is 29.2 Å². The highest BCUT2D eigenvalue weighted by Gasteiger charge is 2.30. The maximum atomic E-state index is 12.6. The van der Waals surface area contributed by atoms with E-state index >= 15 is 0 Å². The van der Waals surface area contributed by atoms with Gasteiger partial charge in [0, 0.05) is 5.69 Å². The van der Waals surface area contributed by atoms with Gasteiger partial charge in [0.15, 0.2) is 0 Å². The van der Waals surface area contributed by atoms with Crippen molar-refractivity contribution in [1.82, 2.24) is 10.6 Å². The second-order valence-electron chi connectivity index (χ2n) is 4.86. The van der Waals surface area contributed by atoms with Gasteiger partial charge in [0.05, 0.1) is 23.9 Å². The molecule has 0 saturated carbocycles. The fourth-order valence-electron chi connectivity index (χ4n) is 1.92. The normalized spacial score (nSPS) is 21.7. The zero-order valence-corrected chi connectivity index (χ0v) is 12.6. The van der Waals surface area contributed by atoms with Crippen molar-refractivity contribution in [3.63, 3.8) is 0 Å². The van der Waals surface area contributed by atoms with Crippen LogP contribution in [0.25, 0.3) is 0 Å². The molecular formula is C13H15F3N4O2S. The minimum atomic E-state index is -4.47. The monoisotopic (exact) mass is 348 g/mol. The molecule has 1 aromatic rings. The van der Waals surface area contributed by atoms with E-state index in [0.717, 1.165) is 23.9 Å². The van der Waals surface area contributed by atoms with Gasteiger partial charge in [-0.25, -0.2) is 0 Å². The Hall–Kier alpha value is -1.78. The van der Waals surface area contributed by atoms with E-state index in [9.17, 15) is 22.8 Å². The average molecular weight is 348 g/mol. The lowest BCUT2D eigenvalue weighted by atomic mass is 10.2. The van der Waals surface area contributed by atoms with Crippen LogP contribution in [0.4, 0.5) is 18.9 Å². The molecule has 1 aliphatic rings. The molecule has 0 spiro atoms. The average Bonchev–Trinajstić information content (AvgIpc) is 2.43. The number of anilines is 1. The number of nitrogens with one attached hydrogen (secondary N) is 3. The lowest BCUT2D eigenvalue weighted by Gasteiger charge is -2.28. The lowest BCUT2D eigenvalue weighted by Crippen LogP contribution is -2.58. The fraction of sp³-hybridized carbons (Fsp3) is 0.385. The molecule has 5 N–H and O–H groups in total. The number of carbonyl (C=O) groups excluding carboxylic acids is 2. The smallest absolute Gasteiger partial charge is 0.332 e. The Morgan fingerprint density at radius 3 is 2.83 bits per heavy atom. The molecule has 2 atom stereocenters. The molecule has 1 aliphatic heterocycles. The van der Waals surface area contributed by atoms with Crippen LogP contribution in [0.2, 0.25) is 0 Å². The fourth-order valence-corrected chi connectivity index (χ4v) is 2.80. The first-order valence-electron chi connectivity index (χ1n) is 6.64. The van der Waals surface area contributed by atoms with Gasteiger partial charge in [-0.2, -0.15) is 13.2 Å². The SMILES string of the molecule is NC1CC(=O)NC(SCC(=O)Nc2cccc(C(F)(F)F)c2)N1. The summed E-state index contributed by atoms with van der Waals surface area (Å²) in [5.41, 5.74) is 4.32. The Morgan fingerprint density at radius 1 is 1.43 bits per heavy atom.